The zero-order valence-electron chi connectivity index (χ0n) is 12.7. The lowest BCUT2D eigenvalue weighted by molar-refractivity contribution is -0.137. The van der Waals surface area contributed by atoms with Crippen LogP contribution in [0.3, 0.4) is 0 Å². The maximum absolute atomic E-state index is 11.9. The standard InChI is InChI=1S/C16H12ClN3O3S2/c17-11-3-1-9(2-4-11)14-10(7-12-15(23)18-16(24)25-12)8-20(19-14)6-5-13(21)22/h1-4,7-8H,5-6H2,(H,21,22)(H,18,23,24). The van der Waals surface area contributed by atoms with Crippen LogP contribution in [0.15, 0.2) is 35.4 Å². The Morgan fingerprint density at radius 2 is 2.12 bits per heavy atom. The van der Waals surface area contributed by atoms with Crippen molar-refractivity contribution in [3.63, 3.8) is 0 Å². The zero-order chi connectivity index (χ0) is 18.0. The number of carboxylic acid groups (broad SMARTS) is 1. The molecule has 0 aliphatic carbocycles. The number of thioether (sulfide) groups is 1. The van der Waals surface area contributed by atoms with Crippen molar-refractivity contribution in [1.29, 1.82) is 0 Å². The van der Waals surface area contributed by atoms with Crippen LogP contribution in [0.25, 0.3) is 17.3 Å². The molecular weight excluding hydrogens is 382 g/mol. The average molecular weight is 394 g/mol. The molecule has 1 saturated heterocycles. The van der Waals surface area contributed by atoms with Crippen LogP contribution < -0.4 is 5.32 Å². The van der Waals surface area contributed by atoms with E-state index in [9.17, 15) is 9.59 Å². The molecule has 2 aromatic rings. The Bertz CT molecular complexity index is 891. The molecule has 0 atom stereocenters. The van der Waals surface area contributed by atoms with Crippen LogP contribution in [-0.4, -0.2) is 31.1 Å². The van der Waals surface area contributed by atoms with Gasteiger partial charge in [-0.2, -0.15) is 5.10 Å². The van der Waals surface area contributed by atoms with Crippen molar-refractivity contribution in [3.05, 3.63) is 46.0 Å². The summed E-state index contributed by atoms with van der Waals surface area (Å²) in [4.78, 5) is 23.2. The predicted octanol–water partition coefficient (Wildman–Crippen LogP) is 3.17. The largest absolute Gasteiger partial charge is 0.481 e. The fraction of sp³-hybridized carbons (Fsp3) is 0.125. The third-order valence-electron chi connectivity index (χ3n) is 3.39. The number of nitrogens with zero attached hydrogens (tertiary/aromatic N) is 2. The Balaban J connectivity index is 2.00. The molecule has 1 fully saturated rings. The molecule has 3 rings (SSSR count). The summed E-state index contributed by atoms with van der Waals surface area (Å²) in [6, 6.07) is 7.13. The molecule has 0 spiro atoms. The number of amides is 1. The van der Waals surface area contributed by atoms with Crippen LogP contribution in [0.5, 0.6) is 0 Å². The number of carboxylic acids is 1. The Hall–Kier alpha value is -2.16. The molecule has 1 aliphatic heterocycles. The molecule has 25 heavy (non-hydrogen) atoms. The van der Waals surface area contributed by atoms with E-state index < -0.39 is 5.97 Å². The van der Waals surface area contributed by atoms with E-state index in [1.165, 1.54) is 11.8 Å². The van der Waals surface area contributed by atoms with Gasteiger partial charge in [-0.05, 0) is 18.2 Å². The van der Waals surface area contributed by atoms with Crippen LogP contribution in [0.4, 0.5) is 0 Å². The molecule has 1 aromatic heterocycles. The normalized spacial score (nSPS) is 15.6. The molecule has 9 heteroatoms. The van der Waals surface area contributed by atoms with Gasteiger partial charge in [-0.3, -0.25) is 14.3 Å². The van der Waals surface area contributed by atoms with Gasteiger partial charge in [-0.15, -0.1) is 0 Å². The number of nitrogens with one attached hydrogen (secondary N) is 1. The second-order valence-corrected chi connectivity index (χ2v) is 7.35. The molecule has 1 aromatic carbocycles. The average Bonchev–Trinajstić information content (AvgIpc) is 3.09. The van der Waals surface area contributed by atoms with Crippen molar-refractivity contribution in [2.75, 3.05) is 0 Å². The summed E-state index contributed by atoms with van der Waals surface area (Å²) in [5.74, 6) is -1.16. The van der Waals surface area contributed by atoms with E-state index in [-0.39, 0.29) is 18.9 Å². The number of rotatable bonds is 5. The molecule has 0 bridgehead atoms. The van der Waals surface area contributed by atoms with Crippen LogP contribution in [-0.2, 0) is 16.1 Å². The number of carbonyl (C=O) groups excluding carboxylic acids is 1. The highest BCUT2D eigenvalue weighted by molar-refractivity contribution is 8.26. The quantitative estimate of drug-likeness (QED) is 0.599. The Kier molecular flexibility index (Phi) is 5.22. The van der Waals surface area contributed by atoms with Gasteiger partial charge in [-0.25, -0.2) is 0 Å². The number of halogens is 1. The summed E-state index contributed by atoms with van der Waals surface area (Å²) in [7, 11) is 0. The summed E-state index contributed by atoms with van der Waals surface area (Å²) in [5.41, 5.74) is 2.16. The molecule has 6 nitrogen and oxygen atoms in total. The van der Waals surface area contributed by atoms with Gasteiger partial charge in [-0.1, -0.05) is 47.7 Å². The van der Waals surface area contributed by atoms with Crippen molar-refractivity contribution in [3.8, 4) is 11.3 Å². The van der Waals surface area contributed by atoms with Crippen LogP contribution in [0, 0.1) is 0 Å². The second kappa shape index (κ2) is 7.38. The minimum absolute atomic E-state index is 0.0446. The number of aliphatic carboxylic acids is 1. The Morgan fingerprint density at radius 1 is 1.40 bits per heavy atom. The smallest absolute Gasteiger partial charge is 0.305 e. The molecule has 0 unspecified atom stereocenters. The number of hydrogen-bond donors (Lipinski definition) is 2. The number of thiocarbonyl (C=S) groups is 1. The van der Waals surface area contributed by atoms with Gasteiger partial charge in [0.2, 0.25) is 0 Å². The molecule has 2 N–H and O–H groups in total. The number of aryl methyl sites for hydroxylation is 1. The molecular formula is C16H12ClN3O3S2. The highest BCUT2D eigenvalue weighted by atomic mass is 35.5. The van der Waals surface area contributed by atoms with Gasteiger partial charge in [0.05, 0.1) is 23.6 Å². The first-order chi connectivity index (χ1) is 11.9. The third kappa shape index (κ3) is 4.28. The maximum atomic E-state index is 11.9. The summed E-state index contributed by atoms with van der Waals surface area (Å²) < 4.78 is 1.96. The van der Waals surface area contributed by atoms with Gasteiger partial charge in [0.15, 0.2) is 0 Å². The number of benzene rings is 1. The first-order valence-electron chi connectivity index (χ1n) is 7.22. The number of carbonyl (C=O) groups is 2. The van der Waals surface area contributed by atoms with Gasteiger partial charge in [0.1, 0.15) is 4.32 Å². The third-order valence-corrected chi connectivity index (χ3v) is 4.81. The van der Waals surface area contributed by atoms with E-state index in [2.05, 4.69) is 10.4 Å². The number of hydrogen-bond acceptors (Lipinski definition) is 5. The van der Waals surface area contributed by atoms with Crippen LogP contribution in [0.2, 0.25) is 5.02 Å². The van der Waals surface area contributed by atoms with Crippen molar-refractivity contribution >= 4 is 57.9 Å². The topological polar surface area (TPSA) is 84.2 Å². The first-order valence-corrected chi connectivity index (χ1v) is 8.82. The highest BCUT2D eigenvalue weighted by Crippen LogP contribution is 2.30. The van der Waals surface area contributed by atoms with E-state index >= 15 is 0 Å². The van der Waals surface area contributed by atoms with E-state index in [1.807, 2.05) is 12.1 Å². The SMILES string of the molecule is O=C(O)CCn1cc(C=C2SC(=S)NC2=O)c(-c2ccc(Cl)cc2)n1. The minimum atomic E-state index is -0.903. The van der Waals surface area contributed by atoms with Gasteiger partial charge >= 0.3 is 5.97 Å². The van der Waals surface area contributed by atoms with Crippen molar-refractivity contribution in [2.24, 2.45) is 0 Å². The number of aromatic nitrogens is 2. The van der Waals surface area contributed by atoms with E-state index in [0.29, 0.717) is 25.5 Å². The molecule has 1 amide bonds. The van der Waals surface area contributed by atoms with Gasteiger partial charge in [0, 0.05) is 22.3 Å². The maximum Gasteiger partial charge on any atom is 0.305 e. The summed E-state index contributed by atoms with van der Waals surface area (Å²) >= 11 is 12.1. The molecule has 0 radical (unpaired) electrons. The Labute approximate surface area is 157 Å². The van der Waals surface area contributed by atoms with Crippen molar-refractivity contribution < 1.29 is 14.7 Å². The summed E-state index contributed by atoms with van der Waals surface area (Å²) in [6.45, 7) is 0.233. The van der Waals surface area contributed by atoms with E-state index in [1.54, 1.807) is 29.1 Å². The van der Waals surface area contributed by atoms with Gasteiger partial charge in [0.25, 0.3) is 5.91 Å². The lowest BCUT2D eigenvalue weighted by Gasteiger charge is -2.00. The summed E-state index contributed by atoms with van der Waals surface area (Å²) in [6.07, 6.45) is 3.37. The lowest BCUT2D eigenvalue weighted by atomic mass is 10.1. The highest BCUT2D eigenvalue weighted by Gasteiger charge is 2.23. The zero-order valence-corrected chi connectivity index (χ0v) is 15.1. The van der Waals surface area contributed by atoms with Crippen molar-refractivity contribution in [1.82, 2.24) is 15.1 Å². The van der Waals surface area contributed by atoms with E-state index in [0.717, 1.165) is 5.56 Å². The molecule has 128 valence electrons. The molecule has 0 saturated carbocycles. The Morgan fingerprint density at radius 3 is 2.72 bits per heavy atom. The van der Waals surface area contributed by atoms with Gasteiger partial charge < -0.3 is 10.4 Å². The first kappa shape index (κ1) is 17.7. The fourth-order valence-corrected chi connectivity index (χ4v) is 3.42. The predicted molar refractivity (Wildman–Crippen MR) is 101 cm³/mol. The minimum Gasteiger partial charge on any atom is -0.481 e. The second-order valence-electron chi connectivity index (χ2n) is 5.20. The summed E-state index contributed by atoms with van der Waals surface area (Å²) in [5, 5.41) is 16.5. The van der Waals surface area contributed by atoms with E-state index in [4.69, 9.17) is 28.9 Å². The molecule has 1 aliphatic rings. The lowest BCUT2D eigenvalue weighted by Crippen LogP contribution is -2.17. The fourth-order valence-electron chi connectivity index (χ4n) is 2.26. The molecule has 2 heterocycles. The monoisotopic (exact) mass is 393 g/mol. The van der Waals surface area contributed by atoms with Crippen molar-refractivity contribution in [2.45, 2.75) is 13.0 Å². The van der Waals surface area contributed by atoms with Crippen LogP contribution in [0.1, 0.15) is 12.0 Å². The van der Waals surface area contributed by atoms with Crippen LogP contribution >= 0.6 is 35.6 Å².